The van der Waals surface area contributed by atoms with E-state index in [1.807, 2.05) is 0 Å². The molecule has 54 heavy (non-hydrogen) atoms. The molecule has 0 spiro atoms. The van der Waals surface area contributed by atoms with Crippen LogP contribution in [0.25, 0.3) is 88.0 Å². The van der Waals surface area contributed by atoms with E-state index < -0.39 is 0 Å². The van der Waals surface area contributed by atoms with Gasteiger partial charge in [0.05, 0.1) is 0 Å². The minimum absolute atomic E-state index is 0.0122. The van der Waals surface area contributed by atoms with Gasteiger partial charge in [0.2, 0.25) is 0 Å². The van der Waals surface area contributed by atoms with Crippen LogP contribution in [0.5, 0.6) is 0 Å². The molecule has 0 saturated carbocycles. The first-order chi connectivity index (χ1) is 26.3. The molecular formula is C54H40. The normalized spacial score (nSPS) is 14.6. The van der Waals surface area contributed by atoms with Crippen molar-refractivity contribution in [1.29, 1.82) is 0 Å². The Morgan fingerprint density at radius 3 is 1.31 bits per heavy atom. The van der Waals surface area contributed by atoms with Gasteiger partial charge in [0.25, 0.3) is 0 Å². The second kappa shape index (κ2) is 11.1. The van der Waals surface area contributed by atoms with Crippen molar-refractivity contribution in [2.75, 3.05) is 0 Å². The first-order valence-corrected chi connectivity index (χ1v) is 19.2. The maximum Gasteiger partial charge on any atom is 0.0159 e. The summed E-state index contributed by atoms with van der Waals surface area (Å²) in [4.78, 5) is 0. The standard InChI is InChI=1S/C54H40/c1-53(2)49-16-10-9-15-44(49)45-24-22-37(31-50(45)53)38-23-26-47-46-25-21-36(30-51(46)54(3,4)52(47)32-38)34-17-18-35-28-40(20-19-33(35)27-34)48-29-39-11-5-6-12-41(39)42-13-7-8-14-43(42)48/h5-32H,1-4H3. The molecule has 0 unspecified atom stereocenters. The maximum absolute atomic E-state index is 2.46. The predicted octanol–water partition coefficient (Wildman–Crippen LogP) is 14.8. The van der Waals surface area contributed by atoms with Gasteiger partial charge in [-0.2, -0.15) is 0 Å². The summed E-state index contributed by atoms with van der Waals surface area (Å²) in [6.45, 7) is 9.52. The molecule has 0 heterocycles. The molecule has 0 aliphatic heterocycles. The van der Waals surface area contributed by atoms with Gasteiger partial charge in [-0.15, -0.1) is 0 Å². The van der Waals surface area contributed by atoms with Crippen LogP contribution in [0.1, 0.15) is 49.9 Å². The van der Waals surface area contributed by atoms with Gasteiger partial charge in [-0.25, -0.2) is 0 Å². The fourth-order valence-electron chi connectivity index (χ4n) is 9.87. The van der Waals surface area contributed by atoms with E-state index in [2.05, 4.69) is 198 Å². The van der Waals surface area contributed by atoms with Crippen molar-refractivity contribution in [3.63, 3.8) is 0 Å². The Morgan fingerprint density at radius 2 is 0.685 bits per heavy atom. The third-order valence-electron chi connectivity index (χ3n) is 12.8. The van der Waals surface area contributed by atoms with Crippen LogP contribution in [0.3, 0.4) is 0 Å². The lowest BCUT2D eigenvalue weighted by atomic mass is 9.80. The van der Waals surface area contributed by atoms with Crippen molar-refractivity contribution < 1.29 is 0 Å². The Kier molecular flexibility index (Phi) is 6.46. The van der Waals surface area contributed by atoms with Gasteiger partial charge in [0.1, 0.15) is 0 Å². The van der Waals surface area contributed by atoms with Gasteiger partial charge >= 0.3 is 0 Å². The molecule has 2 aliphatic carbocycles. The van der Waals surface area contributed by atoms with Crippen LogP contribution >= 0.6 is 0 Å². The SMILES string of the molecule is CC1(C)c2ccccc2-c2ccc(-c3ccc4c(c3)C(C)(C)c3cc(-c5ccc6cc(-c7cc8ccccc8c8ccccc78)ccc6c5)ccc3-4)cc21. The molecule has 0 N–H and O–H groups in total. The Labute approximate surface area is 317 Å². The van der Waals surface area contributed by atoms with E-state index in [1.54, 1.807) is 0 Å². The summed E-state index contributed by atoms with van der Waals surface area (Å²) in [6.07, 6.45) is 0. The van der Waals surface area contributed by atoms with E-state index in [1.165, 1.54) is 110 Å². The topological polar surface area (TPSA) is 0 Å². The molecular weight excluding hydrogens is 649 g/mol. The predicted molar refractivity (Wildman–Crippen MR) is 230 cm³/mol. The first kappa shape index (κ1) is 31.3. The van der Waals surface area contributed by atoms with Crippen molar-refractivity contribution in [1.82, 2.24) is 0 Å². The number of hydrogen-bond acceptors (Lipinski definition) is 0. The van der Waals surface area contributed by atoms with Gasteiger partial charge in [-0.3, -0.25) is 0 Å². The van der Waals surface area contributed by atoms with E-state index in [0.29, 0.717) is 0 Å². The zero-order valence-corrected chi connectivity index (χ0v) is 31.2. The molecule has 0 amide bonds. The molecule has 2 aliphatic rings. The molecule has 0 atom stereocenters. The quantitative estimate of drug-likeness (QED) is 0.162. The molecule has 0 radical (unpaired) electrons. The summed E-state index contributed by atoms with van der Waals surface area (Å²) >= 11 is 0. The highest BCUT2D eigenvalue weighted by atomic mass is 14.4. The van der Waals surface area contributed by atoms with E-state index in [0.717, 1.165) is 0 Å². The van der Waals surface area contributed by atoms with E-state index in [-0.39, 0.29) is 10.8 Å². The van der Waals surface area contributed by atoms with Crippen LogP contribution < -0.4 is 0 Å². The fourth-order valence-corrected chi connectivity index (χ4v) is 9.87. The van der Waals surface area contributed by atoms with E-state index in [4.69, 9.17) is 0 Å². The average molecular weight is 689 g/mol. The second-order valence-electron chi connectivity index (χ2n) is 16.5. The van der Waals surface area contributed by atoms with Crippen molar-refractivity contribution in [3.05, 3.63) is 192 Å². The summed E-state index contributed by atoms with van der Waals surface area (Å²) in [5.74, 6) is 0. The lowest BCUT2D eigenvalue weighted by Crippen LogP contribution is -2.15. The maximum atomic E-state index is 2.46. The molecule has 11 rings (SSSR count). The minimum atomic E-state index is -0.114. The van der Waals surface area contributed by atoms with Crippen molar-refractivity contribution >= 4 is 32.3 Å². The lowest BCUT2D eigenvalue weighted by molar-refractivity contribution is 0.659. The molecule has 0 aromatic heterocycles. The summed E-state index contributed by atoms with van der Waals surface area (Å²) in [7, 11) is 0. The smallest absolute Gasteiger partial charge is 0.0159 e. The molecule has 9 aromatic carbocycles. The summed E-state index contributed by atoms with van der Waals surface area (Å²) in [6, 6.07) is 64.0. The Bertz CT molecular complexity index is 3040. The summed E-state index contributed by atoms with van der Waals surface area (Å²) in [5.41, 5.74) is 18.6. The van der Waals surface area contributed by atoms with Gasteiger partial charge in [0.15, 0.2) is 0 Å². The van der Waals surface area contributed by atoms with Gasteiger partial charge in [-0.05, 0) is 147 Å². The zero-order chi connectivity index (χ0) is 36.3. The summed E-state index contributed by atoms with van der Waals surface area (Å²) in [5, 5.41) is 7.69. The van der Waals surface area contributed by atoms with E-state index >= 15 is 0 Å². The van der Waals surface area contributed by atoms with Gasteiger partial charge in [0, 0.05) is 10.8 Å². The van der Waals surface area contributed by atoms with Crippen LogP contribution in [0.4, 0.5) is 0 Å². The van der Waals surface area contributed by atoms with Crippen LogP contribution in [0, 0.1) is 0 Å². The zero-order valence-electron chi connectivity index (χ0n) is 31.2. The number of benzene rings is 9. The largest absolute Gasteiger partial charge is 0.0619 e. The molecule has 0 heteroatoms. The highest BCUT2D eigenvalue weighted by Gasteiger charge is 2.37. The number of rotatable bonds is 3. The molecule has 9 aromatic rings. The first-order valence-electron chi connectivity index (χ1n) is 19.2. The van der Waals surface area contributed by atoms with Crippen LogP contribution in [0.2, 0.25) is 0 Å². The minimum Gasteiger partial charge on any atom is -0.0619 e. The third-order valence-corrected chi connectivity index (χ3v) is 12.8. The van der Waals surface area contributed by atoms with Gasteiger partial charge < -0.3 is 0 Å². The lowest BCUT2D eigenvalue weighted by Gasteiger charge is -2.23. The van der Waals surface area contributed by atoms with Crippen molar-refractivity contribution in [2.45, 2.75) is 38.5 Å². The Morgan fingerprint density at radius 1 is 0.259 bits per heavy atom. The molecule has 0 fully saturated rings. The fraction of sp³-hybridized carbons (Fsp3) is 0.111. The summed E-state index contributed by atoms with van der Waals surface area (Å²) < 4.78 is 0. The van der Waals surface area contributed by atoms with Crippen LogP contribution in [0.15, 0.2) is 170 Å². The second-order valence-corrected chi connectivity index (χ2v) is 16.5. The van der Waals surface area contributed by atoms with Gasteiger partial charge in [-0.1, -0.05) is 161 Å². The van der Waals surface area contributed by atoms with Crippen LogP contribution in [-0.4, -0.2) is 0 Å². The highest BCUT2D eigenvalue weighted by molar-refractivity contribution is 6.14. The van der Waals surface area contributed by atoms with E-state index in [9.17, 15) is 0 Å². The Hall–Kier alpha value is -6.24. The molecule has 0 bridgehead atoms. The van der Waals surface area contributed by atoms with Crippen LogP contribution in [-0.2, 0) is 10.8 Å². The molecule has 256 valence electrons. The number of fused-ring (bicyclic) bond motifs is 10. The third kappa shape index (κ3) is 4.44. The molecule has 0 saturated heterocycles. The number of hydrogen-bond donors (Lipinski definition) is 0. The van der Waals surface area contributed by atoms with Crippen molar-refractivity contribution in [2.24, 2.45) is 0 Å². The monoisotopic (exact) mass is 688 g/mol. The van der Waals surface area contributed by atoms with Crippen molar-refractivity contribution in [3.8, 4) is 55.6 Å². The highest BCUT2D eigenvalue weighted by Crippen LogP contribution is 2.52. The molecule has 0 nitrogen and oxygen atoms in total. The average Bonchev–Trinajstić information content (AvgIpc) is 3.58. The Balaban J connectivity index is 0.935.